The minimum atomic E-state index is 0.165. The number of ether oxygens (including phenoxy) is 2. The average molecular weight is 291 g/mol. The Balaban J connectivity index is 2.78. The highest BCUT2D eigenvalue weighted by Crippen LogP contribution is 2.38. The summed E-state index contributed by atoms with van der Waals surface area (Å²) in [5.74, 6) is 0.912. The fourth-order valence-electron chi connectivity index (χ4n) is 3.23. The molecule has 0 aliphatic carbocycles. The van der Waals surface area contributed by atoms with Gasteiger partial charge in [-0.15, -0.1) is 0 Å². The number of hydrogen-bond acceptors (Lipinski definition) is 2. The highest BCUT2D eigenvalue weighted by atomic mass is 16.5. The molecule has 0 unspecified atom stereocenters. The van der Waals surface area contributed by atoms with E-state index in [0.717, 1.165) is 12.2 Å². The molecule has 2 nitrogen and oxygen atoms in total. The standard InChI is InChI=1S/C19H31O2/c1-8-20-11-12-21-16-9-10-17(15(2)13-16)19(6,7)14-18(3,4)5/h9-10,13H,1,8,11-12,14H2,2-7H3. The molecule has 0 atom stereocenters. The Hall–Kier alpha value is -1.02. The van der Waals surface area contributed by atoms with Crippen molar-refractivity contribution in [2.24, 2.45) is 5.41 Å². The highest BCUT2D eigenvalue weighted by Gasteiger charge is 2.28. The molecule has 0 saturated heterocycles. The molecule has 1 aromatic carbocycles. The molecule has 0 bridgehead atoms. The van der Waals surface area contributed by atoms with Crippen molar-refractivity contribution in [3.8, 4) is 5.75 Å². The van der Waals surface area contributed by atoms with Gasteiger partial charge in [0, 0.05) is 6.61 Å². The van der Waals surface area contributed by atoms with Crippen molar-refractivity contribution in [1.29, 1.82) is 0 Å². The maximum Gasteiger partial charge on any atom is 0.119 e. The molecule has 1 rings (SSSR count). The molecule has 1 aromatic rings. The Morgan fingerprint density at radius 1 is 1.05 bits per heavy atom. The predicted octanol–water partition coefficient (Wildman–Crippen LogP) is 4.94. The van der Waals surface area contributed by atoms with Gasteiger partial charge in [-0.3, -0.25) is 0 Å². The van der Waals surface area contributed by atoms with Crippen molar-refractivity contribution in [2.75, 3.05) is 19.8 Å². The minimum absolute atomic E-state index is 0.165. The zero-order valence-corrected chi connectivity index (χ0v) is 14.6. The summed E-state index contributed by atoms with van der Waals surface area (Å²) < 4.78 is 10.9. The summed E-state index contributed by atoms with van der Waals surface area (Å²) in [5, 5.41) is 0. The number of hydrogen-bond donors (Lipinski definition) is 0. The Morgan fingerprint density at radius 2 is 1.71 bits per heavy atom. The lowest BCUT2D eigenvalue weighted by molar-refractivity contribution is 0.120. The van der Waals surface area contributed by atoms with Gasteiger partial charge in [0.15, 0.2) is 0 Å². The Kier molecular flexibility index (Phi) is 6.27. The van der Waals surface area contributed by atoms with Crippen molar-refractivity contribution in [1.82, 2.24) is 0 Å². The van der Waals surface area contributed by atoms with Crippen LogP contribution in [-0.2, 0) is 10.2 Å². The van der Waals surface area contributed by atoms with E-state index < -0.39 is 0 Å². The van der Waals surface area contributed by atoms with Crippen molar-refractivity contribution in [3.05, 3.63) is 36.2 Å². The topological polar surface area (TPSA) is 18.5 Å². The zero-order chi connectivity index (χ0) is 16.1. The van der Waals surface area contributed by atoms with Gasteiger partial charge in [-0.1, -0.05) is 40.7 Å². The second kappa shape index (κ2) is 7.31. The van der Waals surface area contributed by atoms with Crippen LogP contribution in [0, 0.1) is 19.3 Å². The van der Waals surface area contributed by atoms with Gasteiger partial charge in [0.05, 0.1) is 6.61 Å². The van der Waals surface area contributed by atoms with Crippen LogP contribution in [0.15, 0.2) is 18.2 Å². The van der Waals surface area contributed by atoms with E-state index in [-0.39, 0.29) is 5.41 Å². The molecule has 0 aliphatic heterocycles. The summed E-state index contributed by atoms with van der Waals surface area (Å²) in [6.07, 6.45) is 1.15. The fourth-order valence-corrected chi connectivity index (χ4v) is 3.23. The molecule has 1 radical (unpaired) electrons. The van der Waals surface area contributed by atoms with Gasteiger partial charge in [-0.2, -0.15) is 0 Å². The quantitative estimate of drug-likeness (QED) is 0.663. The summed E-state index contributed by atoms with van der Waals surface area (Å²) in [7, 11) is 0. The Labute approximate surface area is 130 Å². The van der Waals surface area contributed by atoms with Gasteiger partial charge in [0.2, 0.25) is 0 Å². The molecule has 0 N–H and O–H groups in total. The number of rotatable bonds is 7. The van der Waals surface area contributed by atoms with Crippen LogP contribution in [0.25, 0.3) is 0 Å². The smallest absolute Gasteiger partial charge is 0.119 e. The first-order chi connectivity index (χ1) is 9.65. The van der Waals surface area contributed by atoms with E-state index in [4.69, 9.17) is 9.47 Å². The molecule has 0 aliphatic rings. The van der Waals surface area contributed by atoms with E-state index in [1.165, 1.54) is 11.1 Å². The maximum atomic E-state index is 5.70. The van der Waals surface area contributed by atoms with Crippen LogP contribution in [-0.4, -0.2) is 19.8 Å². The van der Waals surface area contributed by atoms with Crippen molar-refractivity contribution >= 4 is 0 Å². The Morgan fingerprint density at radius 3 is 2.24 bits per heavy atom. The second-order valence-electron chi connectivity index (χ2n) is 7.56. The largest absolute Gasteiger partial charge is 0.491 e. The molecule has 0 heterocycles. The molecule has 0 saturated carbocycles. The molecule has 2 heteroatoms. The van der Waals surface area contributed by atoms with E-state index in [1.807, 2.05) is 0 Å². The third-order valence-corrected chi connectivity index (χ3v) is 3.54. The number of benzene rings is 1. The van der Waals surface area contributed by atoms with Gasteiger partial charge < -0.3 is 9.47 Å². The fraction of sp³-hybridized carbons (Fsp3) is 0.632. The monoisotopic (exact) mass is 291 g/mol. The third-order valence-electron chi connectivity index (χ3n) is 3.54. The number of aryl methyl sites for hydroxylation is 1. The average Bonchev–Trinajstić information content (AvgIpc) is 2.31. The van der Waals surface area contributed by atoms with Crippen LogP contribution in [0.2, 0.25) is 0 Å². The lowest BCUT2D eigenvalue weighted by atomic mass is 9.71. The van der Waals surface area contributed by atoms with Crippen LogP contribution in [0.1, 0.15) is 52.2 Å². The molecular formula is C19H31O2. The first kappa shape index (κ1) is 18.0. The van der Waals surface area contributed by atoms with Crippen molar-refractivity contribution in [2.45, 2.75) is 53.4 Å². The summed E-state index contributed by atoms with van der Waals surface area (Å²) in [6.45, 7) is 19.0. The second-order valence-corrected chi connectivity index (χ2v) is 7.56. The van der Waals surface area contributed by atoms with Crippen LogP contribution in [0.4, 0.5) is 0 Å². The molecular weight excluding hydrogens is 260 g/mol. The minimum Gasteiger partial charge on any atom is -0.491 e. The van der Waals surface area contributed by atoms with Gasteiger partial charge in [-0.25, -0.2) is 0 Å². The highest BCUT2D eigenvalue weighted by molar-refractivity contribution is 5.39. The SMILES string of the molecule is [CH2]COCCOc1ccc(C(C)(C)CC(C)(C)C)c(C)c1. The van der Waals surface area contributed by atoms with Crippen molar-refractivity contribution in [3.63, 3.8) is 0 Å². The van der Waals surface area contributed by atoms with Crippen LogP contribution in [0.3, 0.4) is 0 Å². The molecule has 0 spiro atoms. The van der Waals surface area contributed by atoms with Crippen LogP contribution < -0.4 is 4.74 Å². The first-order valence-electron chi connectivity index (χ1n) is 7.77. The molecule has 119 valence electrons. The molecule has 0 fully saturated rings. The zero-order valence-electron chi connectivity index (χ0n) is 14.6. The molecule has 0 aromatic heterocycles. The molecule has 21 heavy (non-hydrogen) atoms. The lowest BCUT2D eigenvalue weighted by Crippen LogP contribution is -2.25. The summed E-state index contributed by atoms with van der Waals surface area (Å²) in [4.78, 5) is 0. The van der Waals surface area contributed by atoms with E-state index in [1.54, 1.807) is 0 Å². The van der Waals surface area contributed by atoms with E-state index >= 15 is 0 Å². The normalized spacial score (nSPS) is 12.5. The van der Waals surface area contributed by atoms with E-state index in [0.29, 0.717) is 25.2 Å². The summed E-state index contributed by atoms with van der Waals surface area (Å²) in [5.41, 5.74) is 3.17. The van der Waals surface area contributed by atoms with Gasteiger partial charge in [0.1, 0.15) is 12.4 Å². The van der Waals surface area contributed by atoms with Crippen LogP contribution >= 0.6 is 0 Å². The predicted molar refractivity (Wildman–Crippen MR) is 89.9 cm³/mol. The van der Waals surface area contributed by atoms with Gasteiger partial charge in [-0.05, 0) is 54.4 Å². The van der Waals surface area contributed by atoms with Gasteiger partial charge >= 0.3 is 0 Å². The van der Waals surface area contributed by atoms with Crippen LogP contribution in [0.5, 0.6) is 5.75 Å². The molecule has 0 amide bonds. The van der Waals surface area contributed by atoms with Crippen molar-refractivity contribution < 1.29 is 9.47 Å². The lowest BCUT2D eigenvalue weighted by Gasteiger charge is -2.34. The summed E-state index contributed by atoms with van der Waals surface area (Å²) >= 11 is 0. The van der Waals surface area contributed by atoms with Gasteiger partial charge in [0.25, 0.3) is 0 Å². The third kappa shape index (κ3) is 6.09. The van der Waals surface area contributed by atoms with E-state index in [2.05, 4.69) is 66.7 Å². The van der Waals surface area contributed by atoms with E-state index in [9.17, 15) is 0 Å². The first-order valence-corrected chi connectivity index (χ1v) is 7.77. The Bertz CT molecular complexity index is 441. The summed E-state index contributed by atoms with van der Waals surface area (Å²) in [6, 6.07) is 6.40. The maximum absolute atomic E-state index is 5.70.